The summed E-state index contributed by atoms with van der Waals surface area (Å²) in [6.45, 7) is 2.26. The number of hydrogen-bond donors (Lipinski definition) is 6. The molecule has 1 aliphatic rings. The Morgan fingerprint density at radius 3 is 1.57 bits per heavy atom. The van der Waals surface area contributed by atoms with Crippen molar-refractivity contribution in [3.63, 3.8) is 0 Å². The van der Waals surface area contributed by atoms with Crippen molar-refractivity contribution in [3.8, 4) is 11.5 Å². The highest BCUT2D eigenvalue weighted by molar-refractivity contribution is 5.97. The number of benzene rings is 2. The fraction of sp³-hybridized carbons (Fsp3) is 0.174. The zero-order chi connectivity index (χ0) is 25.6. The lowest BCUT2D eigenvalue weighted by molar-refractivity contribution is -0.760. The zero-order valence-corrected chi connectivity index (χ0v) is 19.0. The molecule has 0 radical (unpaired) electrons. The molecule has 0 atom stereocenters. The van der Waals surface area contributed by atoms with E-state index in [0.717, 1.165) is 0 Å². The van der Waals surface area contributed by atoms with Crippen molar-refractivity contribution in [1.29, 1.82) is 0 Å². The Hall–Kier alpha value is -4.71. The lowest BCUT2D eigenvalue weighted by Crippen LogP contribution is -2.50. The normalized spacial score (nSPS) is 13.2. The number of phenols is 2. The van der Waals surface area contributed by atoms with Crippen molar-refractivity contribution < 1.29 is 33.9 Å². The minimum absolute atomic E-state index is 0.135. The summed E-state index contributed by atoms with van der Waals surface area (Å²) < 4.78 is -0.229. The second-order valence-corrected chi connectivity index (χ2v) is 7.90. The second kappa shape index (κ2) is 10.5. The van der Waals surface area contributed by atoms with E-state index in [1.54, 1.807) is 6.20 Å². The molecular formula is C23H25N6O6+. The lowest BCUT2D eigenvalue weighted by atomic mass is 10.2. The van der Waals surface area contributed by atoms with Crippen LogP contribution in [0.4, 0.5) is 22.7 Å². The van der Waals surface area contributed by atoms with Crippen molar-refractivity contribution in [2.75, 3.05) is 34.4 Å². The number of quaternary nitrogens is 1. The highest BCUT2D eigenvalue weighted by Crippen LogP contribution is 2.28. The van der Waals surface area contributed by atoms with Crippen LogP contribution >= 0.6 is 0 Å². The van der Waals surface area contributed by atoms with Gasteiger partial charge in [-0.3, -0.25) is 19.2 Å². The number of amides is 4. The fourth-order valence-corrected chi connectivity index (χ4v) is 3.37. The Morgan fingerprint density at radius 2 is 1.23 bits per heavy atom. The van der Waals surface area contributed by atoms with Gasteiger partial charge in [-0.25, -0.2) is 9.48 Å². The molecule has 0 spiro atoms. The standard InChI is InChI=1S/C23H24N6O6/c1-14(30)25-16-3-5-18(20(32)9-16)27-22(34)11-29(8-7-24-13-29)12-23(35)28-19-6-4-17(10-21(19)33)26-15(2)31/h3-10,13H,11-12H2,1-2H3,(H5-,25,26,27,28,30,31,32,33,34,35)/p+1. The molecule has 0 fully saturated rings. The van der Waals surface area contributed by atoms with Gasteiger partial charge in [0.05, 0.1) is 17.6 Å². The molecule has 182 valence electrons. The van der Waals surface area contributed by atoms with Gasteiger partial charge in [0.25, 0.3) is 11.8 Å². The summed E-state index contributed by atoms with van der Waals surface area (Å²) in [6.07, 6.45) is 4.46. The molecule has 6 N–H and O–H groups in total. The number of hydrogen-bond acceptors (Lipinski definition) is 7. The monoisotopic (exact) mass is 481 g/mol. The molecule has 1 heterocycles. The Balaban J connectivity index is 1.65. The lowest BCUT2D eigenvalue weighted by Gasteiger charge is -2.26. The number of nitrogens with one attached hydrogen (secondary N) is 4. The molecule has 3 rings (SSSR count). The molecule has 0 saturated carbocycles. The van der Waals surface area contributed by atoms with Crippen molar-refractivity contribution in [1.82, 2.24) is 0 Å². The van der Waals surface area contributed by atoms with Crippen LogP contribution in [0.1, 0.15) is 13.8 Å². The van der Waals surface area contributed by atoms with Gasteiger partial charge in [0, 0.05) is 37.4 Å². The van der Waals surface area contributed by atoms with E-state index in [1.807, 2.05) is 0 Å². The maximum Gasteiger partial charge on any atom is 0.280 e. The Labute approximate surface area is 200 Å². The van der Waals surface area contributed by atoms with Gasteiger partial charge < -0.3 is 31.5 Å². The smallest absolute Gasteiger partial charge is 0.280 e. The quantitative estimate of drug-likeness (QED) is 0.249. The average molecular weight is 481 g/mol. The highest BCUT2D eigenvalue weighted by atomic mass is 16.3. The molecule has 0 bridgehead atoms. The first-order chi connectivity index (χ1) is 16.5. The Kier molecular flexibility index (Phi) is 7.46. The SMILES string of the molecule is CC(=O)Nc1ccc(NC(=O)C[N+]2(CC(=O)Nc3ccc(NC(C)=O)cc3O)C=CN=C2)c(O)c1. The summed E-state index contributed by atoms with van der Waals surface area (Å²) in [4.78, 5) is 51.7. The molecule has 2 aromatic rings. The third-order valence-electron chi connectivity index (χ3n) is 4.81. The van der Waals surface area contributed by atoms with Crippen LogP contribution in [0.2, 0.25) is 0 Å². The molecule has 12 heteroatoms. The van der Waals surface area contributed by atoms with E-state index in [0.29, 0.717) is 11.4 Å². The molecule has 12 nitrogen and oxygen atoms in total. The summed E-state index contributed by atoms with van der Waals surface area (Å²) in [5.41, 5.74) is 1.01. The molecule has 0 unspecified atom stereocenters. The largest absolute Gasteiger partial charge is 0.506 e. The van der Waals surface area contributed by atoms with Crippen molar-refractivity contribution in [2.24, 2.45) is 4.99 Å². The molecule has 0 saturated heterocycles. The summed E-state index contributed by atoms with van der Waals surface area (Å²) in [5, 5.41) is 30.5. The Morgan fingerprint density at radius 1 is 0.771 bits per heavy atom. The van der Waals surface area contributed by atoms with Gasteiger partial charge in [-0.2, -0.15) is 0 Å². The average Bonchev–Trinajstić information content (AvgIpc) is 3.18. The summed E-state index contributed by atoms with van der Waals surface area (Å²) in [5.74, 6) is -2.08. The predicted molar refractivity (Wildman–Crippen MR) is 130 cm³/mol. The van der Waals surface area contributed by atoms with Gasteiger partial charge in [0.15, 0.2) is 19.4 Å². The van der Waals surface area contributed by atoms with Crippen LogP contribution < -0.4 is 21.3 Å². The topological polar surface area (TPSA) is 169 Å². The minimum atomic E-state index is -0.499. The first-order valence-electron chi connectivity index (χ1n) is 10.4. The highest BCUT2D eigenvalue weighted by Gasteiger charge is 2.33. The third kappa shape index (κ3) is 6.88. The summed E-state index contributed by atoms with van der Waals surface area (Å²) in [7, 11) is 0. The van der Waals surface area contributed by atoms with Crippen LogP contribution in [0, 0.1) is 0 Å². The maximum absolute atomic E-state index is 12.7. The number of aliphatic imine (C=N–C) groups is 1. The van der Waals surface area contributed by atoms with Crippen LogP contribution in [0.3, 0.4) is 0 Å². The number of nitrogens with zero attached hydrogens (tertiary/aromatic N) is 2. The van der Waals surface area contributed by atoms with E-state index in [4.69, 9.17) is 0 Å². The van der Waals surface area contributed by atoms with E-state index in [2.05, 4.69) is 26.3 Å². The van der Waals surface area contributed by atoms with Gasteiger partial charge in [0.2, 0.25) is 11.8 Å². The number of rotatable bonds is 8. The second-order valence-electron chi connectivity index (χ2n) is 7.90. The Bertz CT molecular complexity index is 1140. The molecule has 2 aromatic carbocycles. The van der Waals surface area contributed by atoms with Gasteiger partial charge in [-0.1, -0.05) is 0 Å². The molecule has 1 aliphatic heterocycles. The zero-order valence-electron chi connectivity index (χ0n) is 19.0. The molecule has 35 heavy (non-hydrogen) atoms. The number of phenolic OH excluding ortho intramolecular Hbond substituents is 2. The van der Waals surface area contributed by atoms with Crippen LogP contribution in [-0.2, 0) is 19.2 Å². The number of aromatic hydroxyl groups is 2. The first kappa shape index (κ1) is 24.9. The van der Waals surface area contributed by atoms with Gasteiger partial charge in [-0.05, 0) is 24.3 Å². The fourth-order valence-electron chi connectivity index (χ4n) is 3.37. The maximum atomic E-state index is 12.7. The van der Waals surface area contributed by atoms with Crippen LogP contribution in [0.5, 0.6) is 11.5 Å². The van der Waals surface area contributed by atoms with Gasteiger partial charge in [-0.15, -0.1) is 0 Å². The summed E-state index contributed by atoms with van der Waals surface area (Å²) in [6, 6.07) is 8.53. The minimum Gasteiger partial charge on any atom is -0.506 e. The van der Waals surface area contributed by atoms with Gasteiger partial charge >= 0.3 is 0 Å². The van der Waals surface area contributed by atoms with E-state index in [1.165, 1.54) is 62.8 Å². The number of carbonyl (C=O) groups excluding carboxylic acids is 4. The molecule has 4 amide bonds. The van der Waals surface area contributed by atoms with Crippen LogP contribution in [-0.4, -0.2) is 57.8 Å². The van der Waals surface area contributed by atoms with Crippen LogP contribution in [0.25, 0.3) is 0 Å². The van der Waals surface area contributed by atoms with E-state index < -0.39 is 11.8 Å². The van der Waals surface area contributed by atoms with Crippen molar-refractivity contribution >= 4 is 52.7 Å². The van der Waals surface area contributed by atoms with E-state index in [-0.39, 0.29) is 52.3 Å². The summed E-state index contributed by atoms with van der Waals surface area (Å²) >= 11 is 0. The number of anilines is 4. The van der Waals surface area contributed by atoms with Crippen molar-refractivity contribution in [3.05, 3.63) is 48.8 Å². The molecule has 0 aliphatic carbocycles. The van der Waals surface area contributed by atoms with Crippen LogP contribution in [0.15, 0.2) is 53.8 Å². The third-order valence-corrected chi connectivity index (χ3v) is 4.81. The van der Waals surface area contributed by atoms with E-state index >= 15 is 0 Å². The van der Waals surface area contributed by atoms with E-state index in [9.17, 15) is 29.4 Å². The van der Waals surface area contributed by atoms with Gasteiger partial charge in [0.1, 0.15) is 17.7 Å². The first-order valence-corrected chi connectivity index (χ1v) is 10.4. The molecule has 0 aromatic heterocycles. The number of carbonyl (C=O) groups is 4. The predicted octanol–water partition coefficient (Wildman–Crippen LogP) is 1.92. The molecular weight excluding hydrogens is 456 g/mol. The van der Waals surface area contributed by atoms with Crippen molar-refractivity contribution in [2.45, 2.75) is 13.8 Å².